The predicted octanol–water partition coefficient (Wildman–Crippen LogP) is 0.406. The Balaban J connectivity index is 3.02. The van der Waals surface area contributed by atoms with Crippen molar-refractivity contribution >= 4 is 0 Å². The highest BCUT2D eigenvalue weighted by molar-refractivity contribution is 5.06. The highest BCUT2D eigenvalue weighted by Gasteiger charge is 2.13. The lowest BCUT2D eigenvalue weighted by molar-refractivity contribution is -0.701. The Hall–Kier alpha value is -1.32. The van der Waals surface area contributed by atoms with Gasteiger partial charge in [0.1, 0.15) is 6.20 Å². The van der Waals surface area contributed by atoms with Crippen molar-refractivity contribution in [2.75, 3.05) is 14.2 Å². The summed E-state index contributed by atoms with van der Waals surface area (Å²) in [5, 5.41) is 0. The van der Waals surface area contributed by atoms with Gasteiger partial charge in [0.05, 0.1) is 26.8 Å². The molecule has 0 bridgehead atoms. The van der Waals surface area contributed by atoms with Gasteiger partial charge in [-0.2, -0.15) is 4.57 Å². The number of nitrogens with zero attached hydrogens (tertiary/aromatic N) is 2. The first-order valence-corrected chi connectivity index (χ1v) is 3.80. The average Bonchev–Trinajstić information content (AvgIpc) is 2.16. The van der Waals surface area contributed by atoms with E-state index in [1.165, 1.54) is 0 Å². The lowest BCUT2D eigenvalue weighted by Crippen LogP contribution is -2.34. The Morgan fingerprint density at radius 2 is 2.17 bits per heavy atom. The van der Waals surface area contributed by atoms with Crippen LogP contribution in [0.1, 0.15) is 6.92 Å². The van der Waals surface area contributed by atoms with Gasteiger partial charge in [-0.3, -0.25) is 0 Å². The lowest BCUT2D eigenvalue weighted by Gasteiger charge is -1.99. The van der Waals surface area contributed by atoms with Crippen molar-refractivity contribution in [1.29, 1.82) is 0 Å². The van der Waals surface area contributed by atoms with Crippen LogP contribution in [0.4, 0.5) is 0 Å². The third-order valence-corrected chi connectivity index (χ3v) is 1.58. The summed E-state index contributed by atoms with van der Waals surface area (Å²) in [5.74, 6) is 0.566. The van der Waals surface area contributed by atoms with E-state index in [2.05, 4.69) is 4.98 Å². The normalized spacial score (nSPS) is 9.58. The highest BCUT2D eigenvalue weighted by Crippen LogP contribution is 2.06. The van der Waals surface area contributed by atoms with Crippen molar-refractivity contribution in [2.45, 2.75) is 13.5 Å². The van der Waals surface area contributed by atoms with Gasteiger partial charge >= 0.3 is 11.9 Å². The van der Waals surface area contributed by atoms with Crippen LogP contribution >= 0.6 is 0 Å². The molecular formula is C8H13N2O2+. The summed E-state index contributed by atoms with van der Waals surface area (Å²) in [7, 11) is 3.17. The van der Waals surface area contributed by atoms with E-state index < -0.39 is 0 Å². The molecule has 1 rings (SSSR count). The molecule has 0 radical (unpaired) electrons. The van der Waals surface area contributed by atoms with Crippen LogP contribution in [0.3, 0.4) is 0 Å². The fourth-order valence-electron chi connectivity index (χ4n) is 0.931. The van der Waals surface area contributed by atoms with Gasteiger partial charge in [-0.05, 0) is 6.92 Å². The third kappa shape index (κ3) is 1.64. The minimum absolute atomic E-state index is 0.566. The molecule has 0 atom stereocenters. The van der Waals surface area contributed by atoms with E-state index in [9.17, 15) is 0 Å². The standard InChI is InChI=1S/C8H13N2O2/c1-4-10-6-5-7(11-2)9-8(10)12-3/h5-6H,4H2,1-3H3/q+1. The van der Waals surface area contributed by atoms with Crippen LogP contribution in [0.15, 0.2) is 12.3 Å². The van der Waals surface area contributed by atoms with Crippen LogP contribution in [0.25, 0.3) is 0 Å². The van der Waals surface area contributed by atoms with Crippen LogP contribution in [-0.2, 0) is 6.54 Å². The van der Waals surface area contributed by atoms with E-state index >= 15 is 0 Å². The Labute approximate surface area is 71.8 Å². The number of rotatable bonds is 3. The van der Waals surface area contributed by atoms with Crippen molar-refractivity contribution in [2.24, 2.45) is 0 Å². The van der Waals surface area contributed by atoms with Crippen LogP contribution in [0.5, 0.6) is 11.9 Å². The summed E-state index contributed by atoms with van der Waals surface area (Å²) in [6, 6.07) is 2.36. The van der Waals surface area contributed by atoms with Gasteiger partial charge in [0.25, 0.3) is 0 Å². The number of hydrogen-bond donors (Lipinski definition) is 0. The van der Waals surface area contributed by atoms with Crippen LogP contribution < -0.4 is 14.0 Å². The number of aryl methyl sites for hydroxylation is 1. The second-order valence-corrected chi connectivity index (χ2v) is 2.24. The topological polar surface area (TPSA) is 35.2 Å². The summed E-state index contributed by atoms with van der Waals surface area (Å²) in [6.45, 7) is 2.86. The molecule has 0 N–H and O–H groups in total. The first kappa shape index (κ1) is 8.77. The first-order chi connectivity index (χ1) is 5.81. The smallest absolute Gasteiger partial charge is 0.463 e. The molecule has 4 heteroatoms. The second kappa shape index (κ2) is 3.90. The van der Waals surface area contributed by atoms with Crippen molar-refractivity contribution in [3.8, 4) is 11.9 Å². The Morgan fingerprint density at radius 3 is 2.67 bits per heavy atom. The Kier molecular flexibility index (Phi) is 2.85. The predicted molar refractivity (Wildman–Crippen MR) is 43.2 cm³/mol. The average molecular weight is 169 g/mol. The summed E-state index contributed by atoms with van der Waals surface area (Å²) in [4.78, 5) is 4.10. The van der Waals surface area contributed by atoms with Gasteiger partial charge in [-0.1, -0.05) is 0 Å². The lowest BCUT2D eigenvalue weighted by atomic mass is 10.6. The van der Waals surface area contributed by atoms with Gasteiger partial charge in [0.2, 0.25) is 0 Å². The molecule has 0 saturated heterocycles. The minimum atomic E-state index is 0.566. The van der Waals surface area contributed by atoms with Crippen LogP contribution in [0.2, 0.25) is 0 Å². The molecule has 0 amide bonds. The zero-order chi connectivity index (χ0) is 8.97. The van der Waals surface area contributed by atoms with E-state index in [1.54, 1.807) is 20.3 Å². The van der Waals surface area contributed by atoms with Gasteiger partial charge in [0.15, 0.2) is 0 Å². The molecule has 1 heterocycles. The summed E-state index contributed by atoms with van der Waals surface area (Å²) in [6.07, 6.45) is 1.88. The Bertz CT molecular complexity index is 263. The molecule has 0 aromatic carbocycles. The molecule has 0 aliphatic heterocycles. The third-order valence-electron chi connectivity index (χ3n) is 1.58. The second-order valence-electron chi connectivity index (χ2n) is 2.24. The van der Waals surface area contributed by atoms with E-state index in [4.69, 9.17) is 9.47 Å². The van der Waals surface area contributed by atoms with Crippen molar-refractivity contribution in [3.63, 3.8) is 0 Å². The van der Waals surface area contributed by atoms with Crippen molar-refractivity contribution < 1.29 is 14.0 Å². The monoisotopic (exact) mass is 169 g/mol. The molecule has 12 heavy (non-hydrogen) atoms. The molecule has 0 saturated carbocycles. The molecule has 0 spiro atoms. The van der Waals surface area contributed by atoms with Gasteiger partial charge < -0.3 is 9.47 Å². The fraction of sp³-hybridized carbons (Fsp3) is 0.500. The van der Waals surface area contributed by atoms with Crippen molar-refractivity contribution in [1.82, 2.24) is 4.98 Å². The molecule has 0 aliphatic carbocycles. The molecule has 4 nitrogen and oxygen atoms in total. The maximum absolute atomic E-state index is 5.05. The quantitative estimate of drug-likeness (QED) is 0.614. The molecule has 0 unspecified atom stereocenters. The van der Waals surface area contributed by atoms with E-state index in [0.717, 1.165) is 6.54 Å². The van der Waals surface area contributed by atoms with E-state index in [-0.39, 0.29) is 0 Å². The van der Waals surface area contributed by atoms with Gasteiger partial charge in [-0.15, -0.1) is 0 Å². The van der Waals surface area contributed by atoms with Crippen LogP contribution in [0, 0.1) is 0 Å². The molecule has 1 aromatic rings. The van der Waals surface area contributed by atoms with Gasteiger partial charge in [0, 0.05) is 4.98 Å². The minimum Gasteiger partial charge on any atom is -0.463 e. The maximum atomic E-state index is 5.05. The number of ether oxygens (including phenoxy) is 2. The highest BCUT2D eigenvalue weighted by atomic mass is 16.5. The molecule has 0 fully saturated rings. The van der Waals surface area contributed by atoms with E-state index in [0.29, 0.717) is 11.9 Å². The fourth-order valence-corrected chi connectivity index (χ4v) is 0.931. The Morgan fingerprint density at radius 1 is 1.42 bits per heavy atom. The van der Waals surface area contributed by atoms with Crippen molar-refractivity contribution in [3.05, 3.63) is 12.3 Å². The zero-order valence-corrected chi connectivity index (χ0v) is 7.57. The molecule has 1 aromatic heterocycles. The SMILES string of the molecule is CC[n+]1ccc(OC)nc1OC. The summed E-state index contributed by atoms with van der Waals surface area (Å²) >= 11 is 0. The largest absolute Gasteiger partial charge is 0.501 e. The maximum Gasteiger partial charge on any atom is 0.501 e. The number of hydrogen-bond acceptors (Lipinski definition) is 3. The zero-order valence-electron chi connectivity index (χ0n) is 7.57. The molecular weight excluding hydrogens is 156 g/mol. The van der Waals surface area contributed by atoms with Gasteiger partial charge in [-0.25, -0.2) is 0 Å². The molecule has 0 aliphatic rings. The van der Waals surface area contributed by atoms with Crippen LogP contribution in [-0.4, -0.2) is 19.2 Å². The molecule has 66 valence electrons. The van der Waals surface area contributed by atoms with E-state index in [1.807, 2.05) is 17.7 Å². The first-order valence-electron chi connectivity index (χ1n) is 3.80. The number of methoxy groups -OCH3 is 2. The summed E-state index contributed by atoms with van der Waals surface area (Å²) < 4.78 is 11.9. The number of aromatic nitrogens is 2. The summed E-state index contributed by atoms with van der Waals surface area (Å²) in [5.41, 5.74) is 0.